The van der Waals surface area contributed by atoms with Gasteiger partial charge in [-0.05, 0) is 18.2 Å². The zero-order chi connectivity index (χ0) is 14.9. The summed E-state index contributed by atoms with van der Waals surface area (Å²) >= 11 is 5.87. The molecule has 9 heteroatoms. The summed E-state index contributed by atoms with van der Waals surface area (Å²) < 4.78 is 44.5. The monoisotopic (exact) mass is 307 g/mol. The Morgan fingerprint density at radius 1 is 1.40 bits per heavy atom. The number of benzene rings is 1. The molecule has 1 heterocycles. The van der Waals surface area contributed by atoms with E-state index in [0.717, 1.165) is 0 Å². The van der Waals surface area contributed by atoms with Crippen LogP contribution < -0.4 is 4.74 Å². The zero-order valence-electron chi connectivity index (χ0n) is 10.1. The van der Waals surface area contributed by atoms with Gasteiger partial charge in [0.15, 0.2) is 5.69 Å². The number of aliphatic hydroxyl groups excluding tert-OH is 1. The van der Waals surface area contributed by atoms with Crippen LogP contribution in [0.5, 0.6) is 5.75 Å². The number of hydrogen-bond donors (Lipinski definition) is 1. The van der Waals surface area contributed by atoms with Gasteiger partial charge in [0.1, 0.15) is 11.4 Å². The first kappa shape index (κ1) is 14.6. The van der Waals surface area contributed by atoms with E-state index in [1.165, 1.54) is 25.3 Å². The van der Waals surface area contributed by atoms with Crippen molar-refractivity contribution in [1.29, 1.82) is 0 Å². The highest BCUT2D eigenvalue weighted by Gasteiger charge is 2.39. The third kappa shape index (κ3) is 2.56. The molecular formula is C11H9ClF3N3O2. The fraction of sp³-hybridized carbons (Fsp3) is 0.273. The van der Waals surface area contributed by atoms with Gasteiger partial charge in [0.25, 0.3) is 0 Å². The average molecular weight is 308 g/mol. The number of aromatic nitrogens is 3. The molecule has 0 aliphatic heterocycles. The van der Waals surface area contributed by atoms with Crippen LogP contribution in [0.4, 0.5) is 13.2 Å². The Morgan fingerprint density at radius 3 is 2.60 bits per heavy atom. The molecule has 0 atom stereocenters. The first-order valence-corrected chi connectivity index (χ1v) is 5.72. The molecule has 1 aromatic carbocycles. The third-order valence-corrected chi connectivity index (χ3v) is 2.83. The summed E-state index contributed by atoms with van der Waals surface area (Å²) in [7, 11) is 1.39. The molecule has 0 aliphatic carbocycles. The van der Waals surface area contributed by atoms with Crippen LogP contribution in [-0.2, 0) is 12.8 Å². The Bertz CT molecular complexity index is 628. The molecule has 0 radical (unpaired) electrons. The minimum Gasteiger partial charge on any atom is -0.495 e. The standard InChI is InChI=1S/C11H9ClF3N3O2/c1-20-9-3-2-6(4-7(9)12)18-10(11(13,14)15)8(5-19)16-17-18/h2-4,19H,5H2,1H3. The first-order valence-electron chi connectivity index (χ1n) is 5.35. The Kier molecular flexibility index (Phi) is 3.87. The van der Waals surface area contributed by atoms with Gasteiger partial charge in [0, 0.05) is 0 Å². The molecule has 0 aliphatic rings. The molecule has 2 rings (SSSR count). The maximum Gasteiger partial charge on any atom is 0.435 e. The number of hydrogen-bond acceptors (Lipinski definition) is 4. The van der Waals surface area contributed by atoms with Crippen molar-refractivity contribution in [2.75, 3.05) is 7.11 Å². The van der Waals surface area contributed by atoms with E-state index in [1.807, 2.05) is 0 Å². The number of alkyl halides is 3. The molecule has 0 fully saturated rings. The SMILES string of the molecule is COc1ccc(-n2nnc(CO)c2C(F)(F)F)cc1Cl. The largest absolute Gasteiger partial charge is 0.495 e. The van der Waals surface area contributed by atoms with Crippen molar-refractivity contribution in [1.82, 2.24) is 15.0 Å². The van der Waals surface area contributed by atoms with Gasteiger partial charge in [-0.25, -0.2) is 4.68 Å². The van der Waals surface area contributed by atoms with Gasteiger partial charge < -0.3 is 9.84 Å². The van der Waals surface area contributed by atoms with Crippen LogP contribution in [-0.4, -0.2) is 27.2 Å². The van der Waals surface area contributed by atoms with Gasteiger partial charge in [-0.2, -0.15) is 13.2 Å². The van der Waals surface area contributed by atoms with Crippen LogP contribution in [0.3, 0.4) is 0 Å². The van der Waals surface area contributed by atoms with Crippen LogP contribution in [0.15, 0.2) is 18.2 Å². The maximum atomic E-state index is 13.0. The first-order chi connectivity index (χ1) is 9.38. The fourth-order valence-corrected chi connectivity index (χ4v) is 1.92. The molecular weight excluding hydrogens is 299 g/mol. The summed E-state index contributed by atoms with van der Waals surface area (Å²) in [5.74, 6) is 0.325. The second-order valence-corrected chi connectivity index (χ2v) is 4.18. The predicted octanol–water partition coefficient (Wildman–Crippen LogP) is 2.44. The lowest BCUT2D eigenvalue weighted by molar-refractivity contribution is -0.143. The van der Waals surface area contributed by atoms with Gasteiger partial charge in [-0.1, -0.05) is 16.8 Å². The highest BCUT2D eigenvalue weighted by Crippen LogP contribution is 2.34. The Balaban J connectivity index is 2.59. The van der Waals surface area contributed by atoms with E-state index in [0.29, 0.717) is 10.4 Å². The summed E-state index contributed by atoms with van der Waals surface area (Å²) in [4.78, 5) is 0. The van der Waals surface area contributed by atoms with Gasteiger partial charge >= 0.3 is 6.18 Å². The van der Waals surface area contributed by atoms with E-state index in [9.17, 15) is 13.2 Å². The van der Waals surface area contributed by atoms with Crippen LogP contribution in [0.2, 0.25) is 5.02 Å². The van der Waals surface area contributed by atoms with Crippen molar-refractivity contribution in [3.05, 3.63) is 34.6 Å². The molecule has 20 heavy (non-hydrogen) atoms. The topological polar surface area (TPSA) is 60.2 Å². The van der Waals surface area contributed by atoms with Crippen molar-refractivity contribution >= 4 is 11.6 Å². The molecule has 5 nitrogen and oxygen atoms in total. The van der Waals surface area contributed by atoms with E-state index in [1.54, 1.807) is 0 Å². The smallest absolute Gasteiger partial charge is 0.435 e. The van der Waals surface area contributed by atoms with Crippen LogP contribution in [0, 0.1) is 0 Å². The molecule has 0 amide bonds. The second kappa shape index (κ2) is 5.29. The molecule has 0 saturated heterocycles. The lowest BCUT2D eigenvalue weighted by Crippen LogP contribution is -2.15. The lowest BCUT2D eigenvalue weighted by Gasteiger charge is -2.11. The number of nitrogens with zero attached hydrogens (tertiary/aromatic N) is 3. The van der Waals surface area contributed by atoms with Crippen LogP contribution in [0.1, 0.15) is 11.4 Å². The predicted molar refractivity (Wildman–Crippen MR) is 63.8 cm³/mol. The minimum absolute atomic E-state index is 0.0651. The molecule has 0 spiro atoms. The molecule has 108 valence electrons. The van der Waals surface area contributed by atoms with E-state index >= 15 is 0 Å². The van der Waals surface area contributed by atoms with Crippen LogP contribution in [0.25, 0.3) is 5.69 Å². The number of ether oxygens (including phenoxy) is 1. The van der Waals surface area contributed by atoms with Gasteiger partial charge in [0.05, 0.1) is 24.4 Å². The number of methoxy groups -OCH3 is 1. The Morgan fingerprint density at radius 2 is 2.10 bits per heavy atom. The fourth-order valence-electron chi connectivity index (χ4n) is 1.67. The summed E-state index contributed by atoms with van der Waals surface area (Å²) in [5, 5.41) is 15.8. The second-order valence-electron chi connectivity index (χ2n) is 3.77. The molecule has 1 aromatic heterocycles. The van der Waals surface area contributed by atoms with E-state index in [-0.39, 0.29) is 10.7 Å². The zero-order valence-corrected chi connectivity index (χ0v) is 10.9. The Labute approximate surface area is 116 Å². The summed E-state index contributed by atoms with van der Waals surface area (Å²) in [5.41, 5.74) is -1.62. The minimum atomic E-state index is -4.70. The Hall–Kier alpha value is -1.80. The molecule has 0 unspecified atom stereocenters. The quantitative estimate of drug-likeness (QED) is 0.946. The molecule has 2 aromatic rings. The molecule has 0 bridgehead atoms. The van der Waals surface area contributed by atoms with Crippen LogP contribution >= 0.6 is 11.6 Å². The van der Waals surface area contributed by atoms with Crippen molar-refractivity contribution in [3.8, 4) is 11.4 Å². The van der Waals surface area contributed by atoms with Gasteiger partial charge in [-0.15, -0.1) is 5.10 Å². The average Bonchev–Trinajstić information content (AvgIpc) is 2.82. The highest BCUT2D eigenvalue weighted by molar-refractivity contribution is 6.32. The summed E-state index contributed by atoms with van der Waals surface area (Å²) in [6.07, 6.45) is -4.70. The molecule has 0 saturated carbocycles. The summed E-state index contributed by atoms with van der Waals surface area (Å²) in [6, 6.07) is 4.04. The van der Waals surface area contributed by atoms with Crippen molar-refractivity contribution in [2.24, 2.45) is 0 Å². The van der Waals surface area contributed by atoms with E-state index in [4.69, 9.17) is 21.4 Å². The molecule has 1 N–H and O–H groups in total. The normalized spacial score (nSPS) is 11.7. The third-order valence-electron chi connectivity index (χ3n) is 2.54. The van der Waals surface area contributed by atoms with E-state index in [2.05, 4.69) is 10.3 Å². The maximum absolute atomic E-state index is 13.0. The van der Waals surface area contributed by atoms with Crippen molar-refractivity contribution < 1.29 is 23.0 Å². The van der Waals surface area contributed by atoms with Crippen molar-refractivity contribution in [2.45, 2.75) is 12.8 Å². The van der Waals surface area contributed by atoms with Crippen molar-refractivity contribution in [3.63, 3.8) is 0 Å². The van der Waals surface area contributed by atoms with Gasteiger partial charge in [-0.3, -0.25) is 0 Å². The number of rotatable bonds is 3. The van der Waals surface area contributed by atoms with Gasteiger partial charge in [0.2, 0.25) is 0 Å². The number of halogens is 4. The lowest BCUT2D eigenvalue weighted by atomic mass is 10.2. The highest BCUT2D eigenvalue weighted by atomic mass is 35.5. The summed E-state index contributed by atoms with van der Waals surface area (Å²) in [6.45, 7) is -0.862. The van der Waals surface area contributed by atoms with E-state index < -0.39 is 24.2 Å². The number of aliphatic hydroxyl groups is 1.